The van der Waals surface area contributed by atoms with E-state index in [9.17, 15) is 9.59 Å². The zero-order chi connectivity index (χ0) is 25.5. The van der Waals surface area contributed by atoms with Crippen molar-refractivity contribution in [2.75, 3.05) is 13.2 Å². The van der Waals surface area contributed by atoms with Crippen molar-refractivity contribution in [3.63, 3.8) is 0 Å². The molecular weight excluding hydrogens is 424 g/mol. The molecule has 0 bridgehead atoms. The highest BCUT2D eigenvalue weighted by atomic mass is 16.5. The maximum absolute atomic E-state index is 10.5. The topological polar surface area (TPSA) is 52.6 Å². The Hall–Kier alpha value is -1.58. The van der Waals surface area contributed by atoms with Gasteiger partial charge in [0, 0.05) is 13.8 Å². The summed E-state index contributed by atoms with van der Waals surface area (Å²) in [5, 5.41) is 0. The number of unbranched alkanes of at least 4 members (excludes halogenated alkanes) is 14. The van der Waals surface area contributed by atoms with Crippen molar-refractivity contribution in [1.82, 2.24) is 0 Å². The predicted octanol–water partition coefficient (Wildman–Crippen LogP) is 9.27. The molecule has 0 rings (SSSR count). The van der Waals surface area contributed by atoms with Crippen LogP contribution in [0.25, 0.3) is 0 Å². The highest BCUT2D eigenvalue weighted by Gasteiger charge is 1.95. The van der Waals surface area contributed by atoms with Crippen molar-refractivity contribution >= 4 is 11.9 Å². The Balaban J connectivity index is 0. The van der Waals surface area contributed by atoms with Gasteiger partial charge in [0.25, 0.3) is 0 Å². The van der Waals surface area contributed by atoms with Crippen LogP contribution >= 0.6 is 0 Å². The van der Waals surface area contributed by atoms with Gasteiger partial charge in [0.05, 0.1) is 13.2 Å². The zero-order valence-electron chi connectivity index (χ0n) is 23.1. The average molecular weight is 481 g/mol. The Labute approximate surface area is 211 Å². The fourth-order valence-electron chi connectivity index (χ4n) is 3.44. The fourth-order valence-corrected chi connectivity index (χ4v) is 3.44. The van der Waals surface area contributed by atoms with Gasteiger partial charge in [0.2, 0.25) is 0 Å². The molecule has 0 unspecified atom stereocenters. The molecule has 200 valence electrons. The Morgan fingerprint density at radius 3 is 1.24 bits per heavy atom. The molecule has 34 heavy (non-hydrogen) atoms. The van der Waals surface area contributed by atoms with Gasteiger partial charge < -0.3 is 9.47 Å². The highest BCUT2D eigenvalue weighted by molar-refractivity contribution is 5.66. The molecule has 0 saturated heterocycles. The normalized spacial score (nSPS) is 10.9. The van der Waals surface area contributed by atoms with E-state index in [1.54, 1.807) is 0 Å². The van der Waals surface area contributed by atoms with Crippen LogP contribution in [0, 0.1) is 0 Å². The SMILES string of the molecule is CCC=CCCCCCCCCCCOC(C)=O.CCCC=CCCCCCCCOC(C)=O. The van der Waals surface area contributed by atoms with Crippen molar-refractivity contribution in [3.05, 3.63) is 24.3 Å². The van der Waals surface area contributed by atoms with Crippen LogP contribution in [0.3, 0.4) is 0 Å². The number of esters is 2. The van der Waals surface area contributed by atoms with Crippen LogP contribution in [0.15, 0.2) is 24.3 Å². The van der Waals surface area contributed by atoms with E-state index in [2.05, 4.69) is 38.2 Å². The quantitative estimate of drug-likeness (QED) is 0.0880. The van der Waals surface area contributed by atoms with Crippen LogP contribution in [-0.4, -0.2) is 25.2 Å². The minimum absolute atomic E-state index is 0.160. The minimum Gasteiger partial charge on any atom is -0.466 e. The van der Waals surface area contributed by atoms with Gasteiger partial charge in [0.15, 0.2) is 0 Å². The lowest BCUT2D eigenvalue weighted by Gasteiger charge is -2.02. The highest BCUT2D eigenvalue weighted by Crippen LogP contribution is 2.10. The second-order valence-electron chi connectivity index (χ2n) is 8.99. The van der Waals surface area contributed by atoms with Gasteiger partial charge in [-0.25, -0.2) is 0 Å². The number of carbonyl (C=O) groups is 2. The second-order valence-corrected chi connectivity index (χ2v) is 8.99. The van der Waals surface area contributed by atoms with E-state index >= 15 is 0 Å². The summed E-state index contributed by atoms with van der Waals surface area (Å²) in [4.78, 5) is 21.0. The van der Waals surface area contributed by atoms with Crippen LogP contribution in [-0.2, 0) is 19.1 Å². The van der Waals surface area contributed by atoms with E-state index in [1.807, 2.05) is 0 Å². The number of hydrogen-bond donors (Lipinski definition) is 0. The van der Waals surface area contributed by atoms with Gasteiger partial charge in [-0.15, -0.1) is 0 Å². The summed E-state index contributed by atoms with van der Waals surface area (Å²) in [7, 11) is 0. The molecule has 0 amide bonds. The Morgan fingerprint density at radius 2 is 0.853 bits per heavy atom. The monoisotopic (exact) mass is 480 g/mol. The van der Waals surface area contributed by atoms with Crippen molar-refractivity contribution in [2.45, 2.75) is 143 Å². The minimum atomic E-state index is -0.166. The lowest BCUT2D eigenvalue weighted by molar-refractivity contribution is -0.142. The average Bonchev–Trinajstić information content (AvgIpc) is 2.80. The number of ether oxygens (including phenoxy) is 2. The van der Waals surface area contributed by atoms with Crippen LogP contribution < -0.4 is 0 Å². The lowest BCUT2D eigenvalue weighted by atomic mass is 10.1. The number of hydrogen-bond acceptors (Lipinski definition) is 4. The predicted molar refractivity (Wildman–Crippen MR) is 146 cm³/mol. The molecule has 0 aliphatic carbocycles. The van der Waals surface area contributed by atoms with Gasteiger partial charge in [-0.1, -0.05) is 102 Å². The van der Waals surface area contributed by atoms with Crippen molar-refractivity contribution < 1.29 is 19.1 Å². The summed E-state index contributed by atoms with van der Waals surface area (Å²) in [6, 6.07) is 0. The molecule has 0 spiro atoms. The first kappa shape index (κ1) is 34.6. The third kappa shape index (κ3) is 37.7. The van der Waals surface area contributed by atoms with E-state index in [0.717, 1.165) is 19.3 Å². The maximum Gasteiger partial charge on any atom is 0.302 e. The first-order chi connectivity index (χ1) is 16.5. The molecular formula is C30H56O4. The maximum atomic E-state index is 10.5. The molecule has 4 heteroatoms. The Kier molecular flexibility index (Phi) is 32.0. The molecule has 0 aliphatic heterocycles. The summed E-state index contributed by atoms with van der Waals surface area (Å²) in [6.45, 7) is 8.49. The van der Waals surface area contributed by atoms with Crippen molar-refractivity contribution in [3.8, 4) is 0 Å². The third-order valence-electron chi connectivity index (χ3n) is 5.42. The van der Waals surface area contributed by atoms with Crippen LogP contribution in [0.5, 0.6) is 0 Å². The molecule has 4 nitrogen and oxygen atoms in total. The molecule has 0 atom stereocenters. The number of allylic oxidation sites excluding steroid dienone is 4. The van der Waals surface area contributed by atoms with Gasteiger partial charge in [0.1, 0.15) is 0 Å². The molecule has 0 aromatic heterocycles. The van der Waals surface area contributed by atoms with Crippen LogP contribution in [0.2, 0.25) is 0 Å². The van der Waals surface area contributed by atoms with Gasteiger partial charge in [-0.05, 0) is 51.4 Å². The molecule has 0 aliphatic rings. The Bertz CT molecular complexity index is 482. The fraction of sp³-hybridized carbons (Fsp3) is 0.800. The van der Waals surface area contributed by atoms with Crippen LogP contribution in [0.4, 0.5) is 0 Å². The van der Waals surface area contributed by atoms with E-state index in [4.69, 9.17) is 9.47 Å². The summed E-state index contributed by atoms with van der Waals surface area (Å²) in [5.41, 5.74) is 0. The summed E-state index contributed by atoms with van der Waals surface area (Å²) < 4.78 is 9.75. The lowest BCUT2D eigenvalue weighted by Crippen LogP contribution is -2.00. The van der Waals surface area contributed by atoms with Crippen molar-refractivity contribution in [2.24, 2.45) is 0 Å². The molecule has 0 heterocycles. The first-order valence-corrected chi connectivity index (χ1v) is 14.1. The summed E-state index contributed by atoms with van der Waals surface area (Å²) in [5.74, 6) is -0.326. The summed E-state index contributed by atoms with van der Waals surface area (Å²) in [6.07, 6.45) is 31.4. The first-order valence-electron chi connectivity index (χ1n) is 14.1. The molecule has 0 radical (unpaired) electrons. The number of rotatable bonds is 22. The molecule has 0 aromatic rings. The zero-order valence-corrected chi connectivity index (χ0v) is 23.1. The molecule has 0 aromatic carbocycles. The van der Waals surface area contributed by atoms with E-state index < -0.39 is 0 Å². The van der Waals surface area contributed by atoms with Gasteiger partial charge in [-0.3, -0.25) is 9.59 Å². The van der Waals surface area contributed by atoms with E-state index in [1.165, 1.54) is 110 Å². The Morgan fingerprint density at radius 1 is 0.500 bits per heavy atom. The summed E-state index contributed by atoms with van der Waals surface area (Å²) >= 11 is 0. The van der Waals surface area contributed by atoms with Gasteiger partial charge in [-0.2, -0.15) is 0 Å². The third-order valence-corrected chi connectivity index (χ3v) is 5.42. The molecule has 0 N–H and O–H groups in total. The van der Waals surface area contributed by atoms with Crippen LogP contribution in [0.1, 0.15) is 143 Å². The second kappa shape index (κ2) is 31.4. The standard InChI is InChI=1S/C16H30O2.C14H26O2/c1-3-4-5-6-7-8-9-10-11-12-13-14-15-18-16(2)17;1-3-4-5-6-7-8-9-10-11-12-13-16-14(2)15/h4-5H,3,6-15H2,1-2H3;5-6H,3-4,7-13H2,1-2H3. The number of carbonyl (C=O) groups excluding carboxylic acids is 2. The molecule has 0 saturated carbocycles. The van der Waals surface area contributed by atoms with E-state index in [0.29, 0.717) is 13.2 Å². The largest absolute Gasteiger partial charge is 0.466 e. The van der Waals surface area contributed by atoms with E-state index in [-0.39, 0.29) is 11.9 Å². The molecule has 0 fully saturated rings. The van der Waals surface area contributed by atoms with Crippen molar-refractivity contribution in [1.29, 1.82) is 0 Å². The van der Waals surface area contributed by atoms with Gasteiger partial charge >= 0.3 is 11.9 Å². The smallest absolute Gasteiger partial charge is 0.302 e.